The van der Waals surface area contributed by atoms with Crippen LogP contribution < -0.4 is 10.7 Å². The summed E-state index contributed by atoms with van der Waals surface area (Å²) in [6.45, 7) is 7.10. The van der Waals surface area contributed by atoms with Crippen molar-refractivity contribution in [1.29, 1.82) is 0 Å². The molecule has 15 heavy (non-hydrogen) atoms. The monoisotopic (exact) mass is 217 g/mol. The lowest BCUT2D eigenvalue weighted by Gasteiger charge is -2.33. The third-order valence-electron chi connectivity index (χ3n) is 1.85. The number of hydrogen-bond donors (Lipinski definition) is 3. The summed E-state index contributed by atoms with van der Waals surface area (Å²) in [5.74, 6) is 0. The number of carbonyl (C=O) groups is 1. The summed E-state index contributed by atoms with van der Waals surface area (Å²) in [6.07, 6.45) is -1.24. The fourth-order valence-electron chi connectivity index (χ4n) is 1.24. The minimum atomic E-state index is -0.703. The summed E-state index contributed by atoms with van der Waals surface area (Å²) in [7, 11) is 0. The van der Waals surface area contributed by atoms with Crippen molar-refractivity contribution in [2.24, 2.45) is 0 Å². The van der Waals surface area contributed by atoms with E-state index in [1.165, 1.54) is 5.01 Å². The Balaban J connectivity index is 2.36. The fraction of sp³-hybridized carbons (Fsp3) is 0.889. The zero-order valence-corrected chi connectivity index (χ0v) is 9.41. The molecule has 0 aromatic heterocycles. The Morgan fingerprint density at radius 3 is 2.80 bits per heavy atom. The molecule has 0 bridgehead atoms. The molecule has 1 unspecified atom stereocenters. The highest BCUT2D eigenvalue weighted by Gasteiger charge is 2.23. The summed E-state index contributed by atoms with van der Waals surface area (Å²) in [4.78, 5) is 11.4. The predicted octanol–water partition coefficient (Wildman–Crippen LogP) is -0.350. The minimum Gasteiger partial charge on any atom is -0.443 e. The van der Waals surface area contributed by atoms with Crippen molar-refractivity contribution in [2.45, 2.75) is 32.6 Å². The summed E-state index contributed by atoms with van der Waals surface area (Å²) in [5, 5.41) is 14.0. The first kappa shape index (κ1) is 12.2. The van der Waals surface area contributed by atoms with E-state index >= 15 is 0 Å². The number of ether oxygens (including phenoxy) is 1. The average molecular weight is 217 g/mol. The van der Waals surface area contributed by atoms with Crippen LogP contribution in [0.3, 0.4) is 0 Å². The van der Waals surface area contributed by atoms with Crippen molar-refractivity contribution in [3.63, 3.8) is 0 Å². The molecular formula is C9H19N3O3. The van der Waals surface area contributed by atoms with Gasteiger partial charge in [-0.15, -0.1) is 0 Å². The fourth-order valence-corrected chi connectivity index (χ4v) is 1.24. The van der Waals surface area contributed by atoms with Gasteiger partial charge in [-0.05, 0) is 20.8 Å². The second-order valence-corrected chi connectivity index (χ2v) is 4.49. The highest BCUT2D eigenvalue weighted by atomic mass is 16.6. The Hall–Kier alpha value is -0.850. The van der Waals surface area contributed by atoms with Crippen LogP contribution in [0.15, 0.2) is 0 Å². The first-order chi connectivity index (χ1) is 6.88. The molecule has 0 aromatic rings. The molecule has 1 rings (SSSR count). The van der Waals surface area contributed by atoms with Gasteiger partial charge in [0.1, 0.15) is 11.8 Å². The molecule has 6 nitrogen and oxygen atoms in total. The molecule has 1 amide bonds. The second kappa shape index (κ2) is 4.78. The lowest BCUT2D eigenvalue weighted by molar-refractivity contribution is -0.0529. The Kier molecular flexibility index (Phi) is 3.90. The van der Waals surface area contributed by atoms with E-state index in [4.69, 9.17) is 4.74 Å². The van der Waals surface area contributed by atoms with E-state index < -0.39 is 17.9 Å². The van der Waals surface area contributed by atoms with Crippen molar-refractivity contribution in [1.82, 2.24) is 15.8 Å². The molecule has 0 aromatic carbocycles. The van der Waals surface area contributed by atoms with Crippen molar-refractivity contribution >= 4 is 6.09 Å². The lowest BCUT2D eigenvalue weighted by atomic mass is 10.2. The molecule has 0 aliphatic carbocycles. The second-order valence-electron chi connectivity index (χ2n) is 4.49. The Morgan fingerprint density at radius 1 is 1.60 bits per heavy atom. The molecule has 0 radical (unpaired) electrons. The van der Waals surface area contributed by atoms with E-state index in [1.54, 1.807) is 20.8 Å². The van der Waals surface area contributed by atoms with Gasteiger partial charge in [-0.2, -0.15) is 5.01 Å². The molecule has 1 aliphatic rings. The number of nitrogens with one attached hydrogen (secondary N) is 2. The standard InChI is InChI=1S/C9H19N3O3/c1-9(2,3)15-8(14)11-12-5-4-10-6-7(12)13/h7,10,13H,4-6H2,1-3H3,(H,11,14). The molecule has 88 valence electrons. The van der Waals surface area contributed by atoms with E-state index in [2.05, 4.69) is 10.7 Å². The van der Waals surface area contributed by atoms with Crippen LogP contribution in [-0.4, -0.2) is 47.7 Å². The van der Waals surface area contributed by atoms with Gasteiger partial charge in [0, 0.05) is 19.6 Å². The minimum absolute atomic E-state index is 0.440. The van der Waals surface area contributed by atoms with Crippen LogP contribution in [-0.2, 0) is 4.74 Å². The number of hydrazine groups is 1. The normalized spacial score (nSPS) is 23.6. The van der Waals surface area contributed by atoms with Gasteiger partial charge in [0.05, 0.1) is 0 Å². The molecule has 1 fully saturated rings. The van der Waals surface area contributed by atoms with Crippen LogP contribution in [0.2, 0.25) is 0 Å². The topological polar surface area (TPSA) is 73.8 Å². The van der Waals surface area contributed by atoms with Crippen LogP contribution >= 0.6 is 0 Å². The maximum absolute atomic E-state index is 11.4. The van der Waals surface area contributed by atoms with E-state index in [0.29, 0.717) is 13.1 Å². The van der Waals surface area contributed by atoms with Gasteiger partial charge >= 0.3 is 6.09 Å². The van der Waals surface area contributed by atoms with E-state index in [9.17, 15) is 9.90 Å². The molecule has 6 heteroatoms. The van der Waals surface area contributed by atoms with Crippen LogP contribution in [0, 0.1) is 0 Å². The number of aliphatic hydroxyl groups excluding tert-OH is 1. The third kappa shape index (κ3) is 4.46. The number of rotatable bonds is 1. The summed E-state index contributed by atoms with van der Waals surface area (Å²) < 4.78 is 5.07. The molecular weight excluding hydrogens is 198 g/mol. The highest BCUT2D eigenvalue weighted by molar-refractivity contribution is 5.67. The number of carbonyl (C=O) groups excluding carboxylic acids is 1. The van der Waals surface area contributed by atoms with Crippen LogP contribution in [0.1, 0.15) is 20.8 Å². The largest absolute Gasteiger partial charge is 0.443 e. The van der Waals surface area contributed by atoms with Crippen molar-refractivity contribution < 1.29 is 14.6 Å². The van der Waals surface area contributed by atoms with E-state index in [-0.39, 0.29) is 0 Å². The maximum atomic E-state index is 11.4. The number of amides is 1. The van der Waals surface area contributed by atoms with Gasteiger partial charge in [-0.3, -0.25) is 5.43 Å². The number of aliphatic hydroxyl groups is 1. The smallest absolute Gasteiger partial charge is 0.422 e. The van der Waals surface area contributed by atoms with Gasteiger partial charge < -0.3 is 15.2 Å². The van der Waals surface area contributed by atoms with Gasteiger partial charge in [-0.25, -0.2) is 4.79 Å². The maximum Gasteiger partial charge on any atom is 0.422 e. The van der Waals surface area contributed by atoms with Gasteiger partial charge in [0.25, 0.3) is 0 Å². The van der Waals surface area contributed by atoms with Gasteiger partial charge in [0.15, 0.2) is 0 Å². The predicted molar refractivity (Wildman–Crippen MR) is 55.0 cm³/mol. The Morgan fingerprint density at radius 2 is 2.27 bits per heavy atom. The Bertz CT molecular complexity index is 227. The first-order valence-corrected chi connectivity index (χ1v) is 5.03. The van der Waals surface area contributed by atoms with Crippen molar-refractivity contribution in [3.8, 4) is 0 Å². The summed E-state index contributed by atoms with van der Waals surface area (Å²) in [5.41, 5.74) is 1.98. The molecule has 1 saturated heterocycles. The quantitative estimate of drug-likeness (QED) is 0.560. The third-order valence-corrected chi connectivity index (χ3v) is 1.85. The SMILES string of the molecule is CC(C)(C)OC(=O)NN1CCNCC1O. The highest BCUT2D eigenvalue weighted by Crippen LogP contribution is 2.07. The average Bonchev–Trinajstić information content (AvgIpc) is 2.05. The Labute approximate surface area is 89.6 Å². The van der Waals surface area contributed by atoms with Gasteiger partial charge in [-0.1, -0.05) is 0 Å². The van der Waals surface area contributed by atoms with E-state index in [1.807, 2.05) is 0 Å². The first-order valence-electron chi connectivity index (χ1n) is 5.03. The van der Waals surface area contributed by atoms with Gasteiger partial charge in [0.2, 0.25) is 0 Å². The molecule has 1 heterocycles. The zero-order chi connectivity index (χ0) is 11.5. The molecule has 1 atom stereocenters. The van der Waals surface area contributed by atoms with Crippen LogP contribution in [0.25, 0.3) is 0 Å². The molecule has 0 spiro atoms. The number of nitrogens with zero attached hydrogens (tertiary/aromatic N) is 1. The molecule has 3 N–H and O–H groups in total. The lowest BCUT2D eigenvalue weighted by Crippen LogP contribution is -2.58. The van der Waals surface area contributed by atoms with Crippen LogP contribution in [0.5, 0.6) is 0 Å². The molecule has 1 aliphatic heterocycles. The molecule has 0 saturated carbocycles. The van der Waals surface area contributed by atoms with Crippen molar-refractivity contribution in [2.75, 3.05) is 19.6 Å². The number of hydrogen-bond acceptors (Lipinski definition) is 5. The van der Waals surface area contributed by atoms with E-state index in [0.717, 1.165) is 6.54 Å². The number of β-amino-alcohol motifs (C(OH)–C–C–N with tert-alkyl or cyclic N) is 1. The van der Waals surface area contributed by atoms with Crippen molar-refractivity contribution in [3.05, 3.63) is 0 Å². The summed E-state index contributed by atoms with van der Waals surface area (Å²) >= 11 is 0. The van der Waals surface area contributed by atoms with Crippen LogP contribution in [0.4, 0.5) is 4.79 Å². The zero-order valence-electron chi connectivity index (χ0n) is 9.41. The number of piperazine rings is 1. The summed E-state index contributed by atoms with van der Waals surface area (Å²) in [6, 6.07) is 0.